The molecule has 0 amide bonds. The second-order valence-electron chi connectivity index (χ2n) is 5.01. The van der Waals surface area contributed by atoms with Gasteiger partial charge >= 0.3 is 0 Å². The van der Waals surface area contributed by atoms with Crippen molar-refractivity contribution in [2.24, 2.45) is 5.92 Å². The van der Waals surface area contributed by atoms with Crippen molar-refractivity contribution in [1.82, 2.24) is 0 Å². The van der Waals surface area contributed by atoms with Crippen LogP contribution in [0.1, 0.15) is 25.3 Å². The van der Waals surface area contributed by atoms with Crippen molar-refractivity contribution in [3.8, 4) is 0 Å². The summed E-state index contributed by atoms with van der Waals surface area (Å²) < 4.78 is 11.6. The third-order valence-corrected chi connectivity index (χ3v) is 3.47. The third kappa shape index (κ3) is 3.69. The lowest BCUT2D eigenvalue weighted by molar-refractivity contribution is -0.0673. The molecule has 0 aromatic heterocycles. The molecule has 1 aromatic carbocycles. The number of ether oxygens (including phenoxy) is 2. The van der Waals surface area contributed by atoms with Gasteiger partial charge in [0.15, 0.2) is 0 Å². The van der Waals surface area contributed by atoms with E-state index in [0.29, 0.717) is 19.1 Å². The maximum atomic E-state index is 5.80. The SMILES string of the molecule is C=C(C)[C@@H]1CCCO[C@@H]1COCc1ccccc1. The minimum Gasteiger partial charge on any atom is -0.375 e. The average molecular weight is 246 g/mol. The van der Waals surface area contributed by atoms with Crippen LogP contribution in [-0.4, -0.2) is 19.3 Å². The Kier molecular flexibility index (Phi) is 4.97. The molecule has 0 saturated carbocycles. The summed E-state index contributed by atoms with van der Waals surface area (Å²) in [7, 11) is 0. The third-order valence-electron chi connectivity index (χ3n) is 3.47. The first-order valence-corrected chi connectivity index (χ1v) is 6.66. The van der Waals surface area contributed by atoms with Crippen molar-refractivity contribution in [3.63, 3.8) is 0 Å². The van der Waals surface area contributed by atoms with E-state index in [-0.39, 0.29) is 6.10 Å². The van der Waals surface area contributed by atoms with Gasteiger partial charge in [-0.3, -0.25) is 0 Å². The van der Waals surface area contributed by atoms with Gasteiger partial charge < -0.3 is 9.47 Å². The van der Waals surface area contributed by atoms with Crippen molar-refractivity contribution in [2.75, 3.05) is 13.2 Å². The first-order valence-electron chi connectivity index (χ1n) is 6.66. The van der Waals surface area contributed by atoms with Crippen molar-refractivity contribution in [1.29, 1.82) is 0 Å². The summed E-state index contributed by atoms with van der Waals surface area (Å²) in [5, 5.41) is 0. The molecule has 18 heavy (non-hydrogen) atoms. The quantitative estimate of drug-likeness (QED) is 0.739. The maximum Gasteiger partial charge on any atom is 0.0873 e. The fraction of sp³-hybridized carbons (Fsp3) is 0.500. The zero-order chi connectivity index (χ0) is 12.8. The fourth-order valence-electron chi connectivity index (χ4n) is 2.44. The van der Waals surface area contributed by atoms with Gasteiger partial charge in [-0.1, -0.05) is 42.5 Å². The van der Waals surface area contributed by atoms with E-state index in [0.717, 1.165) is 13.0 Å². The average Bonchev–Trinajstić information content (AvgIpc) is 2.40. The van der Waals surface area contributed by atoms with Gasteiger partial charge in [0.05, 0.1) is 19.3 Å². The normalized spacial score (nSPS) is 23.8. The molecule has 1 fully saturated rings. The van der Waals surface area contributed by atoms with Crippen LogP contribution in [0.15, 0.2) is 42.5 Å². The van der Waals surface area contributed by atoms with Crippen LogP contribution in [0.25, 0.3) is 0 Å². The number of rotatable bonds is 5. The van der Waals surface area contributed by atoms with E-state index in [1.165, 1.54) is 17.6 Å². The molecule has 0 bridgehead atoms. The molecule has 0 unspecified atom stereocenters. The maximum absolute atomic E-state index is 5.80. The van der Waals surface area contributed by atoms with Crippen LogP contribution in [0.3, 0.4) is 0 Å². The molecular weight excluding hydrogens is 224 g/mol. The fourth-order valence-corrected chi connectivity index (χ4v) is 2.44. The lowest BCUT2D eigenvalue weighted by Crippen LogP contribution is -2.34. The Labute approximate surface area is 110 Å². The Balaban J connectivity index is 1.79. The van der Waals surface area contributed by atoms with Crippen LogP contribution in [0.2, 0.25) is 0 Å². The van der Waals surface area contributed by atoms with Crippen molar-refractivity contribution in [2.45, 2.75) is 32.5 Å². The van der Waals surface area contributed by atoms with Crippen molar-refractivity contribution >= 4 is 0 Å². The molecule has 1 aliphatic rings. The molecule has 98 valence electrons. The Morgan fingerprint density at radius 3 is 2.89 bits per heavy atom. The number of hydrogen-bond donors (Lipinski definition) is 0. The Morgan fingerprint density at radius 1 is 1.39 bits per heavy atom. The molecule has 1 aliphatic heterocycles. The summed E-state index contributed by atoms with van der Waals surface area (Å²) in [4.78, 5) is 0. The molecule has 1 heterocycles. The van der Waals surface area contributed by atoms with Gasteiger partial charge in [0.25, 0.3) is 0 Å². The van der Waals surface area contributed by atoms with Crippen LogP contribution in [0.4, 0.5) is 0 Å². The van der Waals surface area contributed by atoms with Crippen LogP contribution in [-0.2, 0) is 16.1 Å². The van der Waals surface area contributed by atoms with Gasteiger partial charge in [-0.15, -0.1) is 0 Å². The van der Waals surface area contributed by atoms with Crippen LogP contribution in [0.5, 0.6) is 0 Å². The summed E-state index contributed by atoms with van der Waals surface area (Å²) in [6.07, 6.45) is 2.49. The van der Waals surface area contributed by atoms with E-state index in [9.17, 15) is 0 Å². The van der Waals surface area contributed by atoms with Crippen LogP contribution in [0, 0.1) is 5.92 Å². The van der Waals surface area contributed by atoms with Crippen molar-refractivity contribution in [3.05, 3.63) is 48.0 Å². The lowest BCUT2D eigenvalue weighted by Gasteiger charge is -2.32. The highest BCUT2D eigenvalue weighted by molar-refractivity contribution is 5.13. The molecule has 2 rings (SSSR count). The first-order chi connectivity index (χ1) is 8.77. The molecule has 1 saturated heterocycles. The predicted molar refractivity (Wildman–Crippen MR) is 73.4 cm³/mol. The summed E-state index contributed by atoms with van der Waals surface area (Å²) in [5.74, 6) is 0.453. The van der Waals surface area contributed by atoms with Crippen LogP contribution >= 0.6 is 0 Å². The van der Waals surface area contributed by atoms with Gasteiger partial charge in [0.1, 0.15) is 0 Å². The topological polar surface area (TPSA) is 18.5 Å². The molecule has 0 spiro atoms. The molecule has 0 radical (unpaired) electrons. The summed E-state index contributed by atoms with van der Waals surface area (Å²) >= 11 is 0. The summed E-state index contributed by atoms with van der Waals surface area (Å²) in [6, 6.07) is 10.2. The molecule has 1 aromatic rings. The molecule has 2 nitrogen and oxygen atoms in total. The Bertz CT molecular complexity index is 372. The van der Waals surface area contributed by atoms with E-state index in [4.69, 9.17) is 9.47 Å². The number of benzene rings is 1. The van der Waals surface area contributed by atoms with Gasteiger partial charge in [0, 0.05) is 12.5 Å². The predicted octanol–water partition coefficient (Wildman–Crippen LogP) is 3.57. The highest BCUT2D eigenvalue weighted by atomic mass is 16.5. The minimum atomic E-state index is 0.181. The Morgan fingerprint density at radius 2 is 2.17 bits per heavy atom. The van der Waals surface area contributed by atoms with E-state index in [2.05, 4.69) is 25.6 Å². The molecule has 0 N–H and O–H groups in total. The number of hydrogen-bond acceptors (Lipinski definition) is 2. The van der Waals surface area contributed by atoms with E-state index in [1.54, 1.807) is 0 Å². The monoisotopic (exact) mass is 246 g/mol. The second kappa shape index (κ2) is 6.72. The molecule has 0 aliphatic carbocycles. The van der Waals surface area contributed by atoms with Gasteiger partial charge in [0.2, 0.25) is 0 Å². The standard InChI is InChI=1S/C16H22O2/c1-13(2)15-9-6-10-18-16(15)12-17-11-14-7-4-3-5-8-14/h3-5,7-8,15-16H,1,6,9-12H2,2H3/t15-,16+/m0/s1. The van der Waals surface area contributed by atoms with Gasteiger partial charge in [-0.2, -0.15) is 0 Å². The second-order valence-corrected chi connectivity index (χ2v) is 5.01. The van der Waals surface area contributed by atoms with Gasteiger partial charge in [-0.25, -0.2) is 0 Å². The van der Waals surface area contributed by atoms with E-state index in [1.807, 2.05) is 18.2 Å². The molecule has 2 atom stereocenters. The van der Waals surface area contributed by atoms with Gasteiger partial charge in [-0.05, 0) is 25.3 Å². The Hall–Kier alpha value is -1.12. The summed E-state index contributed by atoms with van der Waals surface area (Å²) in [6.45, 7) is 8.31. The summed E-state index contributed by atoms with van der Waals surface area (Å²) in [5.41, 5.74) is 2.42. The zero-order valence-corrected chi connectivity index (χ0v) is 11.1. The van der Waals surface area contributed by atoms with E-state index >= 15 is 0 Å². The lowest BCUT2D eigenvalue weighted by atomic mass is 9.89. The minimum absolute atomic E-state index is 0.181. The highest BCUT2D eigenvalue weighted by Crippen LogP contribution is 2.26. The first kappa shape index (κ1) is 13.3. The van der Waals surface area contributed by atoms with Crippen molar-refractivity contribution < 1.29 is 9.47 Å². The molecular formula is C16H22O2. The van der Waals surface area contributed by atoms with Crippen LogP contribution < -0.4 is 0 Å². The molecule has 2 heteroatoms. The highest BCUT2D eigenvalue weighted by Gasteiger charge is 2.26. The smallest absolute Gasteiger partial charge is 0.0873 e. The zero-order valence-electron chi connectivity index (χ0n) is 11.1. The largest absolute Gasteiger partial charge is 0.375 e. The van der Waals surface area contributed by atoms with E-state index < -0.39 is 0 Å².